The molecule has 1 atom stereocenters. The van der Waals surface area contributed by atoms with E-state index in [0.717, 1.165) is 12.0 Å². The molecule has 1 aromatic rings. The van der Waals surface area contributed by atoms with Gasteiger partial charge in [0.15, 0.2) is 19.9 Å². The zero-order valence-corrected chi connectivity index (χ0v) is 23.5. The molecule has 1 fully saturated rings. The third-order valence-corrected chi connectivity index (χ3v) is 11.3. The standard InChI is InChI=1S/C29H44O4Si/c1-10-12-16-19-29(22-31-28(6,7)32-23-29)20-26(33-34(8,9)27(3,4)5)25(11-2)30-21-24-17-14-13-15-18-24/h13-15,17-18,26H,2,10,19-23H2,1,3-9H3. The second-order valence-corrected chi connectivity index (χ2v) is 16.0. The highest BCUT2D eigenvalue weighted by Crippen LogP contribution is 2.43. The highest BCUT2D eigenvalue weighted by atomic mass is 28.4. The van der Waals surface area contributed by atoms with Crippen molar-refractivity contribution in [1.82, 2.24) is 0 Å². The Bertz CT molecular complexity index is 886. The van der Waals surface area contributed by atoms with Crippen molar-refractivity contribution >= 4 is 8.32 Å². The molecule has 1 unspecified atom stereocenters. The summed E-state index contributed by atoms with van der Waals surface area (Å²) >= 11 is 0. The fraction of sp³-hybridized carbons (Fsp3) is 0.621. The van der Waals surface area contributed by atoms with Crippen LogP contribution in [0.1, 0.15) is 66.4 Å². The van der Waals surface area contributed by atoms with Crippen molar-refractivity contribution in [2.45, 2.75) is 97.4 Å². The first kappa shape index (κ1) is 28.4. The first-order valence-corrected chi connectivity index (χ1v) is 15.2. The Morgan fingerprint density at radius 2 is 1.74 bits per heavy atom. The lowest BCUT2D eigenvalue weighted by Crippen LogP contribution is -2.50. The van der Waals surface area contributed by atoms with Gasteiger partial charge in [-0.2, -0.15) is 0 Å². The van der Waals surface area contributed by atoms with E-state index in [1.54, 1.807) is 0 Å². The van der Waals surface area contributed by atoms with Crippen LogP contribution in [0.25, 0.3) is 0 Å². The summed E-state index contributed by atoms with van der Waals surface area (Å²) in [7, 11) is -2.13. The van der Waals surface area contributed by atoms with Gasteiger partial charge in [-0.1, -0.05) is 70.3 Å². The summed E-state index contributed by atoms with van der Waals surface area (Å²) in [5.41, 5.74) is 3.85. The molecule has 1 heterocycles. The zero-order chi connectivity index (χ0) is 25.5. The SMILES string of the molecule is C=C=C(OCc1ccccc1)C(CC1(CC#CCC)COC(C)(C)OC1)O[Si](C)(C)C(C)(C)C. The smallest absolute Gasteiger partial charge is 0.193 e. The number of benzene rings is 1. The third kappa shape index (κ3) is 8.15. The molecule has 1 saturated heterocycles. The quantitative estimate of drug-likeness (QED) is 0.160. The monoisotopic (exact) mass is 484 g/mol. The van der Waals surface area contributed by atoms with Crippen LogP contribution in [0, 0.1) is 17.3 Å². The van der Waals surface area contributed by atoms with Crippen molar-refractivity contribution in [3.63, 3.8) is 0 Å². The molecule has 2 rings (SSSR count). The van der Waals surface area contributed by atoms with Gasteiger partial charge in [0.25, 0.3) is 0 Å². The molecule has 188 valence electrons. The molecule has 0 radical (unpaired) electrons. The predicted molar refractivity (Wildman–Crippen MR) is 142 cm³/mol. The second-order valence-electron chi connectivity index (χ2n) is 11.2. The molecule has 0 aliphatic carbocycles. The summed E-state index contributed by atoms with van der Waals surface area (Å²) in [4.78, 5) is 0. The summed E-state index contributed by atoms with van der Waals surface area (Å²) in [6, 6.07) is 10.1. The molecule has 34 heavy (non-hydrogen) atoms. The Hall–Kier alpha value is -1.80. The van der Waals surface area contributed by atoms with Crippen LogP contribution in [-0.2, 0) is 25.2 Å². The number of hydrogen-bond acceptors (Lipinski definition) is 4. The van der Waals surface area contributed by atoms with E-state index in [9.17, 15) is 0 Å². The lowest BCUT2D eigenvalue weighted by molar-refractivity contribution is -0.287. The first-order valence-electron chi connectivity index (χ1n) is 12.3. The molecule has 0 N–H and O–H groups in total. The van der Waals surface area contributed by atoms with Crippen LogP contribution >= 0.6 is 0 Å². The highest BCUT2D eigenvalue weighted by Gasteiger charge is 2.46. The van der Waals surface area contributed by atoms with Gasteiger partial charge in [0.2, 0.25) is 0 Å². The predicted octanol–water partition coefficient (Wildman–Crippen LogP) is 7.23. The van der Waals surface area contributed by atoms with E-state index in [4.69, 9.17) is 18.6 Å². The van der Waals surface area contributed by atoms with Gasteiger partial charge in [-0.05, 0) is 44.0 Å². The van der Waals surface area contributed by atoms with E-state index in [2.05, 4.69) is 77.1 Å². The van der Waals surface area contributed by atoms with E-state index in [-0.39, 0.29) is 16.6 Å². The number of rotatable bonds is 9. The van der Waals surface area contributed by atoms with Crippen LogP contribution in [-0.4, -0.2) is 33.4 Å². The minimum absolute atomic E-state index is 0.0493. The Morgan fingerprint density at radius 1 is 1.12 bits per heavy atom. The lowest BCUT2D eigenvalue weighted by atomic mass is 9.79. The molecular formula is C29H44O4Si. The summed E-state index contributed by atoms with van der Waals surface area (Å²) in [6.45, 7) is 22.7. The largest absolute Gasteiger partial charge is 0.482 e. The van der Waals surface area contributed by atoms with Gasteiger partial charge in [-0.25, -0.2) is 0 Å². The lowest BCUT2D eigenvalue weighted by Gasteiger charge is -2.46. The van der Waals surface area contributed by atoms with Gasteiger partial charge >= 0.3 is 0 Å². The van der Waals surface area contributed by atoms with Crippen LogP contribution in [0.3, 0.4) is 0 Å². The zero-order valence-electron chi connectivity index (χ0n) is 22.5. The second kappa shape index (κ2) is 11.8. The average Bonchev–Trinajstić information content (AvgIpc) is 2.76. The van der Waals surface area contributed by atoms with E-state index >= 15 is 0 Å². The topological polar surface area (TPSA) is 36.9 Å². The minimum Gasteiger partial charge on any atom is -0.482 e. The van der Waals surface area contributed by atoms with Crippen LogP contribution in [0.15, 0.2) is 48.4 Å². The Morgan fingerprint density at radius 3 is 2.26 bits per heavy atom. The van der Waals surface area contributed by atoms with Crippen LogP contribution in [0.4, 0.5) is 0 Å². The fourth-order valence-corrected chi connectivity index (χ4v) is 4.77. The third-order valence-electron chi connectivity index (χ3n) is 6.78. The molecule has 0 spiro atoms. The van der Waals surface area contributed by atoms with E-state index in [1.807, 2.05) is 32.0 Å². The molecule has 0 amide bonds. The van der Waals surface area contributed by atoms with Gasteiger partial charge < -0.3 is 18.6 Å². The van der Waals surface area contributed by atoms with Crippen molar-refractivity contribution in [2.24, 2.45) is 5.41 Å². The van der Waals surface area contributed by atoms with Gasteiger partial charge in [0, 0.05) is 18.3 Å². The Labute approximate surface area is 208 Å². The van der Waals surface area contributed by atoms with Gasteiger partial charge in [-0.15, -0.1) is 11.8 Å². The Kier molecular flexibility index (Phi) is 9.83. The molecule has 5 heteroatoms. The van der Waals surface area contributed by atoms with E-state index in [0.29, 0.717) is 38.4 Å². The first-order chi connectivity index (χ1) is 15.8. The van der Waals surface area contributed by atoms with Gasteiger partial charge in [0.05, 0.1) is 13.2 Å². The minimum atomic E-state index is -2.13. The maximum Gasteiger partial charge on any atom is 0.193 e. The Balaban J connectivity index is 2.36. The van der Waals surface area contributed by atoms with Crippen molar-refractivity contribution in [1.29, 1.82) is 0 Å². The number of hydrogen-bond donors (Lipinski definition) is 0. The summed E-state index contributed by atoms with van der Waals surface area (Å²) < 4.78 is 25.5. The van der Waals surface area contributed by atoms with Crippen LogP contribution in [0.5, 0.6) is 0 Å². The molecule has 1 aliphatic heterocycles. The van der Waals surface area contributed by atoms with Crippen molar-refractivity contribution in [3.05, 3.63) is 54.0 Å². The van der Waals surface area contributed by atoms with Crippen molar-refractivity contribution < 1.29 is 18.6 Å². The fourth-order valence-electron chi connectivity index (χ4n) is 3.51. The molecular weight excluding hydrogens is 440 g/mol. The van der Waals surface area contributed by atoms with E-state index < -0.39 is 14.1 Å². The van der Waals surface area contributed by atoms with Crippen LogP contribution in [0.2, 0.25) is 18.1 Å². The average molecular weight is 485 g/mol. The molecule has 0 saturated carbocycles. The molecule has 4 nitrogen and oxygen atoms in total. The highest BCUT2D eigenvalue weighted by molar-refractivity contribution is 6.74. The summed E-state index contributed by atoms with van der Waals surface area (Å²) in [5, 5.41) is 0.0493. The van der Waals surface area contributed by atoms with Crippen molar-refractivity contribution in [2.75, 3.05) is 13.2 Å². The van der Waals surface area contributed by atoms with Gasteiger partial charge in [-0.3, -0.25) is 0 Å². The summed E-state index contributed by atoms with van der Waals surface area (Å²) in [6.07, 6.45) is 1.86. The maximum atomic E-state index is 6.94. The maximum absolute atomic E-state index is 6.94. The van der Waals surface area contributed by atoms with E-state index in [1.165, 1.54) is 0 Å². The molecule has 0 aromatic heterocycles. The van der Waals surface area contributed by atoms with Crippen molar-refractivity contribution in [3.8, 4) is 11.8 Å². The normalized spacial score (nSPS) is 18.2. The number of ether oxygens (including phenoxy) is 3. The molecule has 0 bridgehead atoms. The molecule has 1 aromatic carbocycles. The van der Waals surface area contributed by atoms with Gasteiger partial charge in [0.1, 0.15) is 12.7 Å². The summed E-state index contributed by atoms with van der Waals surface area (Å²) in [5.74, 6) is 6.60. The van der Waals surface area contributed by atoms with Crippen LogP contribution < -0.4 is 0 Å². The molecule has 1 aliphatic rings.